The van der Waals surface area contributed by atoms with E-state index < -0.39 is 18.5 Å². The van der Waals surface area contributed by atoms with Gasteiger partial charge in [0.05, 0.1) is 30.3 Å². The molecular formula is C21H24F2N6O. The summed E-state index contributed by atoms with van der Waals surface area (Å²) in [6, 6.07) is 6.09. The van der Waals surface area contributed by atoms with Gasteiger partial charge in [-0.2, -0.15) is 0 Å². The Morgan fingerprint density at radius 1 is 1.10 bits per heavy atom. The average molecular weight is 414 g/mol. The fourth-order valence-electron chi connectivity index (χ4n) is 4.14. The molecule has 2 aliphatic rings. The molecule has 1 saturated heterocycles. The number of fused-ring (bicyclic) bond motifs is 1. The van der Waals surface area contributed by atoms with Gasteiger partial charge in [-0.3, -0.25) is 14.3 Å². The van der Waals surface area contributed by atoms with E-state index in [1.54, 1.807) is 6.07 Å². The minimum absolute atomic E-state index is 0.368. The monoisotopic (exact) mass is 414 g/mol. The van der Waals surface area contributed by atoms with Gasteiger partial charge in [-0.05, 0) is 31.0 Å². The van der Waals surface area contributed by atoms with Crippen LogP contribution in [0.5, 0.6) is 0 Å². The van der Waals surface area contributed by atoms with Crippen molar-refractivity contribution >= 4 is 16.6 Å². The summed E-state index contributed by atoms with van der Waals surface area (Å²) in [5.74, 6) is 1.14. The van der Waals surface area contributed by atoms with Crippen LogP contribution in [0.3, 0.4) is 0 Å². The third kappa shape index (κ3) is 3.81. The second-order valence-electron chi connectivity index (χ2n) is 8.04. The maximum atomic E-state index is 12.6. The number of benzene rings is 1. The molecule has 0 amide bonds. The van der Waals surface area contributed by atoms with Crippen molar-refractivity contribution in [2.75, 3.05) is 31.1 Å². The van der Waals surface area contributed by atoms with Crippen LogP contribution in [0.4, 0.5) is 14.5 Å². The molecule has 7 nitrogen and oxygen atoms in total. The fourth-order valence-corrected chi connectivity index (χ4v) is 4.14. The molecular weight excluding hydrogens is 390 g/mol. The van der Waals surface area contributed by atoms with E-state index >= 15 is 0 Å². The molecule has 2 aromatic heterocycles. The van der Waals surface area contributed by atoms with E-state index in [0.29, 0.717) is 16.9 Å². The molecule has 5 rings (SSSR count). The third-order valence-corrected chi connectivity index (χ3v) is 5.94. The zero-order valence-electron chi connectivity index (χ0n) is 16.6. The first-order chi connectivity index (χ1) is 14.6. The molecule has 0 radical (unpaired) electrons. The molecule has 30 heavy (non-hydrogen) atoms. The highest BCUT2D eigenvalue weighted by molar-refractivity contribution is 5.81. The SMILES string of the molecule is O=c1c2ccc(N3CCN(Cc4nccn4C4CC4)CC3)cc2ncn1CC(F)F. The summed E-state index contributed by atoms with van der Waals surface area (Å²) in [5.41, 5.74) is 1.11. The lowest BCUT2D eigenvalue weighted by Crippen LogP contribution is -2.46. The molecule has 1 aromatic carbocycles. The molecule has 0 spiro atoms. The van der Waals surface area contributed by atoms with Crippen LogP contribution in [-0.4, -0.2) is 56.6 Å². The highest BCUT2D eigenvalue weighted by Gasteiger charge is 2.26. The topological polar surface area (TPSA) is 59.2 Å². The first-order valence-corrected chi connectivity index (χ1v) is 10.3. The van der Waals surface area contributed by atoms with Gasteiger partial charge in [-0.25, -0.2) is 18.7 Å². The first-order valence-electron chi connectivity index (χ1n) is 10.3. The summed E-state index contributed by atoms with van der Waals surface area (Å²) >= 11 is 0. The van der Waals surface area contributed by atoms with Gasteiger partial charge >= 0.3 is 0 Å². The van der Waals surface area contributed by atoms with Crippen LogP contribution in [0.2, 0.25) is 0 Å². The number of anilines is 1. The number of imidazole rings is 1. The van der Waals surface area contributed by atoms with E-state index in [9.17, 15) is 13.6 Å². The lowest BCUT2D eigenvalue weighted by atomic mass is 10.2. The number of piperazine rings is 1. The van der Waals surface area contributed by atoms with Crippen molar-refractivity contribution in [2.45, 2.75) is 38.4 Å². The van der Waals surface area contributed by atoms with Crippen LogP contribution in [0.25, 0.3) is 10.9 Å². The number of rotatable bonds is 6. The Hall–Kier alpha value is -2.81. The highest BCUT2D eigenvalue weighted by atomic mass is 19.3. The van der Waals surface area contributed by atoms with Crippen molar-refractivity contribution in [3.63, 3.8) is 0 Å². The Labute approximate surface area is 172 Å². The molecule has 9 heteroatoms. The Bertz CT molecular complexity index is 1100. The van der Waals surface area contributed by atoms with Crippen molar-refractivity contribution in [3.8, 4) is 0 Å². The van der Waals surface area contributed by atoms with Gasteiger partial charge in [0.1, 0.15) is 5.82 Å². The number of halogens is 2. The number of hydrogen-bond acceptors (Lipinski definition) is 5. The van der Waals surface area contributed by atoms with Gasteiger partial charge in [0, 0.05) is 50.3 Å². The molecule has 0 atom stereocenters. The summed E-state index contributed by atoms with van der Waals surface area (Å²) in [7, 11) is 0. The Morgan fingerprint density at radius 3 is 2.63 bits per heavy atom. The Kier molecular flexibility index (Phi) is 4.98. The van der Waals surface area contributed by atoms with Crippen molar-refractivity contribution in [1.29, 1.82) is 0 Å². The van der Waals surface area contributed by atoms with Crippen LogP contribution in [0.1, 0.15) is 24.7 Å². The lowest BCUT2D eigenvalue weighted by molar-refractivity contribution is 0.125. The average Bonchev–Trinajstić information content (AvgIpc) is 3.49. The molecule has 3 heterocycles. The van der Waals surface area contributed by atoms with Crippen molar-refractivity contribution in [2.24, 2.45) is 0 Å². The van der Waals surface area contributed by atoms with E-state index in [4.69, 9.17) is 0 Å². The summed E-state index contributed by atoms with van der Waals surface area (Å²) in [6.07, 6.45) is 5.10. The molecule has 3 aromatic rings. The van der Waals surface area contributed by atoms with Gasteiger partial charge in [-0.15, -0.1) is 0 Å². The van der Waals surface area contributed by atoms with Crippen LogP contribution >= 0.6 is 0 Å². The number of aromatic nitrogens is 4. The first kappa shape index (κ1) is 19.2. The predicted octanol–water partition coefficient (Wildman–Crippen LogP) is 2.52. The van der Waals surface area contributed by atoms with Crippen molar-refractivity contribution in [3.05, 3.63) is 53.1 Å². The van der Waals surface area contributed by atoms with Gasteiger partial charge < -0.3 is 9.47 Å². The minimum Gasteiger partial charge on any atom is -0.369 e. The second-order valence-corrected chi connectivity index (χ2v) is 8.04. The van der Waals surface area contributed by atoms with Crippen LogP contribution in [-0.2, 0) is 13.1 Å². The maximum absolute atomic E-state index is 12.6. The predicted molar refractivity (Wildman–Crippen MR) is 110 cm³/mol. The number of nitrogens with zero attached hydrogens (tertiary/aromatic N) is 6. The maximum Gasteiger partial charge on any atom is 0.261 e. The normalized spacial score (nSPS) is 17.9. The van der Waals surface area contributed by atoms with Gasteiger partial charge in [0.2, 0.25) is 0 Å². The van der Waals surface area contributed by atoms with Crippen LogP contribution < -0.4 is 10.5 Å². The number of alkyl halides is 2. The molecule has 2 fully saturated rings. The fraction of sp³-hybridized carbons (Fsp3) is 0.476. The van der Waals surface area contributed by atoms with E-state index in [0.717, 1.165) is 48.8 Å². The summed E-state index contributed by atoms with van der Waals surface area (Å²) < 4.78 is 28.5. The molecule has 158 valence electrons. The van der Waals surface area contributed by atoms with E-state index in [2.05, 4.69) is 30.5 Å². The molecule has 0 N–H and O–H groups in total. The second kappa shape index (κ2) is 7.79. The molecule has 0 unspecified atom stereocenters. The Balaban J connectivity index is 1.26. The van der Waals surface area contributed by atoms with E-state index in [1.165, 1.54) is 19.2 Å². The summed E-state index contributed by atoms with van der Waals surface area (Å²) in [4.78, 5) is 25.8. The van der Waals surface area contributed by atoms with Crippen LogP contribution in [0.15, 0.2) is 41.7 Å². The zero-order valence-corrected chi connectivity index (χ0v) is 16.6. The van der Waals surface area contributed by atoms with Gasteiger partial charge in [0.25, 0.3) is 12.0 Å². The largest absolute Gasteiger partial charge is 0.369 e. The van der Waals surface area contributed by atoms with E-state index in [1.807, 2.05) is 18.3 Å². The zero-order chi connectivity index (χ0) is 20.7. The smallest absolute Gasteiger partial charge is 0.261 e. The van der Waals surface area contributed by atoms with E-state index in [-0.39, 0.29) is 0 Å². The van der Waals surface area contributed by atoms with Gasteiger partial charge in [-0.1, -0.05) is 0 Å². The van der Waals surface area contributed by atoms with Crippen LogP contribution in [0, 0.1) is 0 Å². The molecule has 1 saturated carbocycles. The number of hydrogen-bond donors (Lipinski definition) is 0. The molecule has 1 aliphatic carbocycles. The highest BCUT2D eigenvalue weighted by Crippen LogP contribution is 2.35. The summed E-state index contributed by atoms with van der Waals surface area (Å²) in [6.45, 7) is 3.83. The van der Waals surface area contributed by atoms with Gasteiger partial charge in [0.15, 0.2) is 0 Å². The quantitative estimate of drug-likeness (QED) is 0.620. The Morgan fingerprint density at radius 2 is 1.90 bits per heavy atom. The molecule has 0 bridgehead atoms. The third-order valence-electron chi connectivity index (χ3n) is 5.94. The molecule has 1 aliphatic heterocycles. The summed E-state index contributed by atoms with van der Waals surface area (Å²) in [5, 5.41) is 0.368. The minimum atomic E-state index is -2.58. The van der Waals surface area contributed by atoms with Crippen molar-refractivity contribution in [1.82, 2.24) is 24.0 Å². The van der Waals surface area contributed by atoms with Crippen molar-refractivity contribution < 1.29 is 8.78 Å². The lowest BCUT2D eigenvalue weighted by Gasteiger charge is -2.36. The standard InChI is InChI=1S/C21H24F2N6O/c22-19(23)12-28-14-25-18-11-16(3-4-17(18)21(28)30)27-9-7-26(8-10-27)13-20-24-5-6-29(20)15-1-2-15/h3-6,11,14-15,19H,1-2,7-10,12-13H2.